The maximum absolute atomic E-state index is 11.8. The fourth-order valence-corrected chi connectivity index (χ4v) is 2.78. The van der Waals surface area contributed by atoms with E-state index in [0.717, 1.165) is 26.2 Å². The summed E-state index contributed by atoms with van der Waals surface area (Å²) in [6.45, 7) is 8.21. The van der Waals surface area contributed by atoms with Crippen LogP contribution in [0.3, 0.4) is 0 Å². The van der Waals surface area contributed by atoms with Crippen molar-refractivity contribution in [1.29, 1.82) is 0 Å². The topological polar surface area (TPSA) is 59.1 Å². The van der Waals surface area contributed by atoms with E-state index in [1.54, 1.807) is 12.4 Å². The molecule has 0 spiro atoms. The van der Waals surface area contributed by atoms with Crippen LogP contribution in [0.25, 0.3) is 0 Å². The molecule has 0 amide bonds. The van der Waals surface area contributed by atoms with Gasteiger partial charge in [0.2, 0.25) is 0 Å². The number of carbonyl (C=O) groups excluding carboxylic acids is 2. The Hall–Kier alpha value is -1.98. The van der Waals surface area contributed by atoms with Crippen LogP contribution in [-0.2, 0) is 19.1 Å². The van der Waals surface area contributed by atoms with E-state index < -0.39 is 5.41 Å². The Bertz CT molecular complexity index is 458. The Morgan fingerprint density at radius 3 is 1.52 bits per heavy atom. The van der Waals surface area contributed by atoms with E-state index in [9.17, 15) is 9.59 Å². The smallest absolute Gasteiger partial charge is 0.332 e. The molecule has 0 unspecified atom stereocenters. The van der Waals surface area contributed by atoms with Gasteiger partial charge in [0.1, 0.15) is 0 Å². The summed E-state index contributed by atoms with van der Waals surface area (Å²) >= 11 is 0. The summed E-state index contributed by atoms with van der Waals surface area (Å²) in [7, 11) is 0. The minimum atomic E-state index is -0.422. The molecular weight excluding hydrogens is 320 g/mol. The molecule has 0 aliphatic carbocycles. The molecule has 2 saturated heterocycles. The molecule has 0 saturated carbocycles. The highest BCUT2D eigenvalue weighted by molar-refractivity contribution is 5.82. The van der Waals surface area contributed by atoms with Gasteiger partial charge in [-0.3, -0.25) is 0 Å². The van der Waals surface area contributed by atoms with E-state index in [-0.39, 0.29) is 25.2 Å². The lowest BCUT2D eigenvalue weighted by Gasteiger charge is -2.23. The van der Waals surface area contributed by atoms with Gasteiger partial charge in [0.25, 0.3) is 0 Å². The van der Waals surface area contributed by atoms with Gasteiger partial charge < -0.3 is 19.3 Å². The van der Waals surface area contributed by atoms with E-state index in [1.165, 1.54) is 37.8 Å². The Labute approximate surface area is 150 Å². The summed E-state index contributed by atoms with van der Waals surface area (Å²) in [5.41, 5.74) is -0.422. The Morgan fingerprint density at radius 2 is 1.16 bits per heavy atom. The summed E-state index contributed by atoms with van der Waals surface area (Å²) in [4.78, 5) is 27.8. The summed E-state index contributed by atoms with van der Waals surface area (Å²) in [6, 6.07) is 0. The maximum Gasteiger partial charge on any atom is 0.332 e. The van der Waals surface area contributed by atoms with Crippen LogP contribution in [0.5, 0.6) is 0 Å². The normalized spacial score (nSPS) is 18.5. The van der Waals surface area contributed by atoms with Crippen LogP contribution in [0.1, 0.15) is 39.5 Å². The van der Waals surface area contributed by atoms with Crippen molar-refractivity contribution in [2.75, 3.05) is 39.4 Å². The quantitative estimate of drug-likeness (QED) is 0.495. The molecule has 0 aromatic carbocycles. The van der Waals surface area contributed by atoms with Crippen molar-refractivity contribution in [1.82, 2.24) is 9.80 Å². The molecular formula is C19H30N2O4. The van der Waals surface area contributed by atoms with Crippen molar-refractivity contribution < 1.29 is 19.1 Å². The van der Waals surface area contributed by atoms with E-state index in [1.807, 2.05) is 13.8 Å². The number of likely N-dealkylation sites (tertiary alicyclic amines) is 2. The third kappa shape index (κ3) is 7.63. The molecule has 6 nitrogen and oxygen atoms in total. The van der Waals surface area contributed by atoms with Gasteiger partial charge in [0.15, 0.2) is 0 Å². The minimum absolute atomic E-state index is 0.208. The van der Waals surface area contributed by atoms with Crippen molar-refractivity contribution in [3.8, 4) is 0 Å². The molecule has 140 valence electrons. The summed E-state index contributed by atoms with van der Waals surface area (Å²) in [6.07, 6.45) is 11.2. The highest BCUT2D eigenvalue weighted by Gasteiger charge is 2.22. The second-order valence-electron chi connectivity index (χ2n) is 7.50. The van der Waals surface area contributed by atoms with Gasteiger partial charge in [-0.2, -0.15) is 0 Å². The number of ether oxygens (including phenoxy) is 2. The van der Waals surface area contributed by atoms with Crippen LogP contribution in [0.4, 0.5) is 0 Å². The first-order chi connectivity index (χ1) is 11.9. The van der Waals surface area contributed by atoms with Crippen LogP contribution < -0.4 is 0 Å². The van der Waals surface area contributed by atoms with E-state index in [0.29, 0.717) is 0 Å². The van der Waals surface area contributed by atoms with E-state index >= 15 is 0 Å². The third-order valence-corrected chi connectivity index (χ3v) is 4.33. The van der Waals surface area contributed by atoms with Crippen LogP contribution in [0.15, 0.2) is 24.6 Å². The molecule has 2 rings (SSSR count). The minimum Gasteiger partial charge on any atom is -0.462 e. The molecule has 0 aromatic heterocycles. The molecule has 6 heteroatoms. The van der Waals surface area contributed by atoms with Crippen molar-refractivity contribution in [2.24, 2.45) is 5.41 Å². The van der Waals surface area contributed by atoms with Crippen LogP contribution in [0.2, 0.25) is 0 Å². The predicted octanol–water partition coefficient (Wildman–Crippen LogP) is 2.32. The highest BCUT2D eigenvalue weighted by atomic mass is 16.5. The van der Waals surface area contributed by atoms with Crippen molar-refractivity contribution in [3.05, 3.63) is 24.6 Å². The third-order valence-electron chi connectivity index (χ3n) is 4.33. The zero-order valence-corrected chi connectivity index (χ0v) is 15.4. The standard InChI is InChI=1S/C19H30N2O4/c1-19(2,15-24-17(22)7-13-20-9-3-4-10-20)16-25-18(23)8-14-21-11-5-6-12-21/h7-8,13-14H,3-6,9-12,15-16H2,1-2H3/b13-7+,14-8+. The predicted molar refractivity (Wildman–Crippen MR) is 95.6 cm³/mol. The molecule has 2 aliphatic rings. The Kier molecular flexibility index (Phi) is 7.34. The number of hydrogen-bond donors (Lipinski definition) is 0. The average Bonchev–Trinajstić information content (AvgIpc) is 3.28. The fourth-order valence-electron chi connectivity index (χ4n) is 2.78. The van der Waals surface area contributed by atoms with Gasteiger partial charge in [0.05, 0.1) is 13.2 Å². The van der Waals surface area contributed by atoms with Crippen LogP contribution in [-0.4, -0.2) is 61.1 Å². The van der Waals surface area contributed by atoms with Gasteiger partial charge in [-0.1, -0.05) is 13.8 Å². The number of carbonyl (C=O) groups is 2. The average molecular weight is 350 g/mol. The lowest BCUT2D eigenvalue weighted by molar-refractivity contribution is -0.146. The van der Waals surface area contributed by atoms with Crippen LogP contribution in [0, 0.1) is 5.41 Å². The fraction of sp³-hybridized carbons (Fsp3) is 0.684. The van der Waals surface area contributed by atoms with Gasteiger partial charge in [-0.25, -0.2) is 9.59 Å². The van der Waals surface area contributed by atoms with Crippen molar-refractivity contribution in [3.63, 3.8) is 0 Å². The van der Waals surface area contributed by atoms with E-state index in [2.05, 4.69) is 9.80 Å². The first kappa shape index (κ1) is 19.3. The molecule has 0 atom stereocenters. The second kappa shape index (κ2) is 9.49. The molecule has 25 heavy (non-hydrogen) atoms. The lowest BCUT2D eigenvalue weighted by Crippen LogP contribution is -2.28. The SMILES string of the molecule is CC(C)(COC(=O)/C=C/N1CCCC1)COC(=O)/C=C/N1CCCC1. The number of hydrogen-bond acceptors (Lipinski definition) is 6. The molecule has 0 N–H and O–H groups in total. The van der Waals surface area contributed by atoms with Crippen LogP contribution >= 0.6 is 0 Å². The highest BCUT2D eigenvalue weighted by Crippen LogP contribution is 2.17. The number of esters is 2. The zero-order valence-electron chi connectivity index (χ0n) is 15.4. The summed E-state index contributed by atoms with van der Waals surface area (Å²) in [5.74, 6) is -0.722. The summed E-state index contributed by atoms with van der Waals surface area (Å²) < 4.78 is 10.5. The Balaban J connectivity index is 1.64. The second-order valence-corrected chi connectivity index (χ2v) is 7.50. The zero-order chi connectivity index (χ0) is 18.1. The lowest BCUT2D eigenvalue weighted by atomic mass is 9.96. The Morgan fingerprint density at radius 1 is 0.800 bits per heavy atom. The van der Waals surface area contributed by atoms with Gasteiger partial charge in [0, 0.05) is 56.1 Å². The number of rotatable bonds is 8. The molecule has 0 radical (unpaired) electrons. The van der Waals surface area contributed by atoms with E-state index in [4.69, 9.17) is 9.47 Å². The summed E-state index contributed by atoms with van der Waals surface area (Å²) in [5, 5.41) is 0. The first-order valence-corrected chi connectivity index (χ1v) is 9.13. The van der Waals surface area contributed by atoms with Crippen molar-refractivity contribution >= 4 is 11.9 Å². The largest absolute Gasteiger partial charge is 0.462 e. The van der Waals surface area contributed by atoms with Gasteiger partial charge in [-0.05, 0) is 25.7 Å². The first-order valence-electron chi connectivity index (χ1n) is 9.13. The van der Waals surface area contributed by atoms with Crippen molar-refractivity contribution in [2.45, 2.75) is 39.5 Å². The number of nitrogens with zero attached hydrogens (tertiary/aromatic N) is 2. The molecule has 2 fully saturated rings. The molecule has 2 heterocycles. The maximum atomic E-state index is 11.8. The molecule has 0 aromatic rings. The monoisotopic (exact) mass is 350 g/mol. The van der Waals surface area contributed by atoms with Gasteiger partial charge in [-0.15, -0.1) is 0 Å². The van der Waals surface area contributed by atoms with Gasteiger partial charge >= 0.3 is 11.9 Å². The molecule has 0 bridgehead atoms. The molecule has 2 aliphatic heterocycles.